The van der Waals surface area contributed by atoms with Crippen molar-refractivity contribution in [3.8, 4) is 0 Å². The van der Waals surface area contributed by atoms with Crippen LogP contribution in [0.1, 0.15) is 31.5 Å². The Morgan fingerprint density at radius 3 is 2.68 bits per heavy atom. The first-order valence-corrected chi connectivity index (χ1v) is 6.07. The van der Waals surface area contributed by atoms with Crippen LogP contribution in [-0.2, 0) is 16.8 Å². The molecule has 1 aromatic heterocycles. The fourth-order valence-electron chi connectivity index (χ4n) is 2.01. The van der Waals surface area contributed by atoms with Crippen LogP contribution in [-0.4, -0.2) is 36.0 Å². The standard InChI is InChI=1S/C11H16F3N3O2/c1-10(2-4-15-5-3-10)9-16-8(17-19-9)6-18-7-11(12,13)14/h15H,2-7H2,1H3. The molecule has 19 heavy (non-hydrogen) atoms. The van der Waals surface area contributed by atoms with Gasteiger partial charge in [0.1, 0.15) is 13.2 Å². The minimum Gasteiger partial charge on any atom is -0.364 e. The zero-order chi connectivity index (χ0) is 13.9. The van der Waals surface area contributed by atoms with Gasteiger partial charge in [-0.2, -0.15) is 18.2 Å². The molecule has 0 saturated carbocycles. The van der Waals surface area contributed by atoms with Crippen molar-refractivity contribution in [2.75, 3.05) is 19.7 Å². The molecule has 2 heterocycles. The molecule has 1 aromatic rings. The third-order valence-electron chi connectivity index (χ3n) is 3.19. The zero-order valence-electron chi connectivity index (χ0n) is 10.6. The van der Waals surface area contributed by atoms with Gasteiger partial charge in [0.15, 0.2) is 5.82 Å². The number of nitrogens with zero attached hydrogens (tertiary/aromatic N) is 2. The highest BCUT2D eigenvalue weighted by Gasteiger charge is 2.34. The summed E-state index contributed by atoms with van der Waals surface area (Å²) in [6, 6.07) is 0. The molecule has 5 nitrogen and oxygen atoms in total. The Morgan fingerprint density at radius 2 is 2.05 bits per heavy atom. The van der Waals surface area contributed by atoms with E-state index in [1.165, 1.54) is 0 Å². The highest BCUT2D eigenvalue weighted by atomic mass is 19.4. The van der Waals surface area contributed by atoms with E-state index < -0.39 is 12.8 Å². The van der Waals surface area contributed by atoms with E-state index in [1.54, 1.807) is 0 Å². The maximum absolute atomic E-state index is 11.9. The van der Waals surface area contributed by atoms with Crippen LogP contribution in [0, 0.1) is 0 Å². The van der Waals surface area contributed by atoms with Crippen molar-refractivity contribution in [1.29, 1.82) is 0 Å². The number of ether oxygens (including phenoxy) is 1. The third kappa shape index (κ3) is 3.90. The molecule has 0 radical (unpaired) electrons. The number of alkyl halides is 3. The van der Waals surface area contributed by atoms with Crippen LogP contribution >= 0.6 is 0 Å². The van der Waals surface area contributed by atoms with Crippen LogP contribution in [0.3, 0.4) is 0 Å². The van der Waals surface area contributed by atoms with Gasteiger partial charge in [-0.3, -0.25) is 0 Å². The second-order valence-electron chi connectivity index (χ2n) is 4.93. The average molecular weight is 279 g/mol. The minimum absolute atomic E-state index is 0.152. The summed E-state index contributed by atoms with van der Waals surface area (Å²) in [5.74, 6) is 0.624. The predicted molar refractivity (Wildman–Crippen MR) is 59.5 cm³/mol. The molecule has 1 N–H and O–H groups in total. The van der Waals surface area contributed by atoms with Gasteiger partial charge in [-0.1, -0.05) is 12.1 Å². The number of rotatable bonds is 4. The lowest BCUT2D eigenvalue weighted by Crippen LogP contribution is -2.37. The summed E-state index contributed by atoms with van der Waals surface area (Å²) in [5, 5.41) is 6.89. The van der Waals surface area contributed by atoms with Crippen molar-refractivity contribution in [3.63, 3.8) is 0 Å². The second kappa shape index (κ2) is 5.46. The molecule has 8 heteroatoms. The fourth-order valence-corrected chi connectivity index (χ4v) is 2.01. The van der Waals surface area contributed by atoms with E-state index in [9.17, 15) is 13.2 Å². The molecule has 2 rings (SSSR count). The summed E-state index contributed by atoms with van der Waals surface area (Å²) >= 11 is 0. The molecule has 1 aliphatic rings. The van der Waals surface area contributed by atoms with Crippen LogP contribution in [0.15, 0.2) is 4.52 Å². The molecular weight excluding hydrogens is 263 g/mol. The SMILES string of the molecule is CC1(c2nc(COCC(F)(F)F)no2)CCNCC1. The first-order valence-electron chi connectivity index (χ1n) is 6.07. The first kappa shape index (κ1) is 14.3. The first-order chi connectivity index (χ1) is 8.89. The lowest BCUT2D eigenvalue weighted by atomic mass is 9.81. The smallest absolute Gasteiger partial charge is 0.364 e. The lowest BCUT2D eigenvalue weighted by Gasteiger charge is -2.30. The quantitative estimate of drug-likeness (QED) is 0.910. The maximum atomic E-state index is 11.9. The number of piperidine rings is 1. The highest BCUT2D eigenvalue weighted by molar-refractivity contribution is 5.05. The monoisotopic (exact) mass is 279 g/mol. The highest BCUT2D eigenvalue weighted by Crippen LogP contribution is 2.31. The Kier molecular flexibility index (Phi) is 4.10. The summed E-state index contributed by atoms with van der Waals surface area (Å²) in [5.41, 5.74) is -0.208. The van der Waals surface area contributed by atoms with E-state index in [0.717, 1.165) is 25.9 Å². The van der Waals surface area contributed by atoms with Gasteiger partial charge in [0, 0.05) is 5.41 Å². The van der Waals surface area contributed by atoms with E-state index >= 15 is 0 Å². The summed E-state index contributed by atoms with van der Waals surface area (Å²) in [4.78, 5) is 4.13. The van der Waals surface area contributed by atoms with Gasteiger partial charge in [0.05, 0.1) is 0 Å². The molecule has 0 bridgehead atoms. The Bertz CT molecular complexity index is 414. The average Bonchev–Trinajstić information content (AvgIpc) is 2.78. The van der Waals surface area contributed by atoms with Gasteiger partial charge < -0.3 is 14.6 Å². The Labute approximate surface area is 108 Å². The van der Waals surface area contributed by atoms with Crippen molar-refractivity contribution >= 4 is 0 Å². The number of hydrogen-bond donors (Lipinski definition) is 1. The van der Waals surface area contributed by atoms with Crippen molar-refractivity contribution in [2.45, 2.75) is 38.0 Å². The Hall–Kier alpha value is -1.15. The van der Waals surface area contributed by atoms with Crippen molar-refractivity contribution in [2.24, 2.45) is 0 Å². The number of nitrogens with one attached hydrogen (secondary N) is 1. The molecule has 0 unspecified atom stereocenters. The van der Waals surface area contributed by atoms with E-state index in [-0.39, 0.29) is 17.8 Å². The third-order valence-corrected chi connectivity index (χ3v) is 3.19. The normalized spacial score (nSPS) is 19.6. The maximum Gasteiger partial charge on any atom is 0.411 e. The summed E-state index contributed by atoms with van der Waals surface area (Å²) < 4.78 is 45.4. The molecule has 0 atom stereocenters. The number of hydrogen-bond acceptors (Lipinski definition) is 5. The fraction of sp³-hybridized carbons (Fsp3) is 0.818. The lowest BCUT2D eigenvalue weighted by molar-refractivity contribution is -0.177. The molecule has 0 aromatic carbocycles. The Balaban J connectivity index is 1.91. The topological polar surface area (TPSA) is 60.2 Å². The van der Waals surface area contributed by atoms with Gasteiger partial charge in [0.25, 0.3) is 0 Å². The molecular formula is C11H16F3N3O2. The van der Waals surface area contributed by atoms with Crippen molar-refractivity contribution < 1.29 is 22.4 Å². The minimum atomic E-state index is -4.34. The summed E-state index contributed by atoms with van der Waals surface area (Å²) in [6.45, 7) is 2.13. The number of halogens is 3. The largest absolute Gasteiger partial charge is 0.411 e. The van der Waals surface area contributed by atoms with Crippen LogP contribution in [0.2, 0.25) is 0 Å². The second-order valence-corrected chi connectivity index (χ2v) is 4.93. The molecule has 0 spiro atoms. The van der Waals surface area contributed by atoms with Crippen LogP contribution in [0.25, 0.3) is 0 Å². The van der Waals surface area contributed by atoms with Crippen molar-refractivity contribution in [1.82, 2.24) is 15.5 Å². The van der Waals surface area contributed by atoms with Gasteiger partial charge in [-0.15, -0.1) is 0 Å². The molecule has 1 aliphatic heterocycles. The molecule has 0 aliphatic carbocycles. The van der Waals surface area contributed by atoms with Crippen molar-refractivity contribution in [3.05, 3.63) is 11.7 Å². The molecule has 1 saturated heterocycles. The van der Waals surface area contributed by atoms with Crippen LogP contribution in [0.5, 0.6) is 0 Å². The summed E-state index contributed by atoms with van der Waals surface area (Å²) in [7, 11) is 0. The molecule has 1 fully saturated rings. The van der Waals surface area contributed by atoms with Crippen LogP contribution in [0.4, 0.5) is 13.2 Å². The van der Waals surface area contributed by atoms with E-state index in [0.29, 0.717) is 5.89 Å². The molecule has 0 amide bonds. The van der Waals surface area contributed by atoms with E-state index in [4.69, 9.17) is 4.52 Å². The van der Waals surface area contributed by atoms with Gasteiger partial charge in [0.2, 0.25) is 5.89 Å². The zero-order valence-corrected chi connectivity index (χ0v) is 10.6. The van der Waals surface area contributed by atoms with Gasteiger partial charge in [-0.05, 0) is 25.9 Å². The van der Waals surface area contributed by atoms with Gasteiger partial charge in [-0.25, -0.2) is 0 Å². The van der Waals surface area contributed by atoms with Gasteiger partial charge >= 0.3 is 6.18 Å². The predicted octanol–water partition coefficient (Wildman–Crippen LogP) is 1.79. The molecule has 108 valence electrons. The Morgan fingerprint density at radius 1 is 1.37 bits per heavy atom. The summed E-state index contributed by atoms with van der Waals surface area (Å²) in [6.07, 6.45) is -2.62. The van der Waals surface area contributed by atoms with E-state index in [1.807, 2.05) is 6.92 Å². The van der Waals surface area contributed by atoms with E-state index in [2.05, 4.69) is 20.2 Å². The van der Waals surface area contributed by atoms with Crippen LogP contribution < -0.4 is 5.32 Å². The number of aromatic nitrogens is 2.